The van der Waals surface area contributed by atoms with Crippen molar-refractivity contribution in [3.05, 3.63) is 75.8 Å². The third-order valence-corrected chi connectivity index (χ3v) is 3.06. The fourth-order valence-corrected chi connectivity index (χ4v) is 2.05. The number of nitro groups is 1. The summed E-state index contributed by atoms with van der Waals surface area (Å²) < 4.78 is 0. The SMILES string of the molecule is O=C(O)C(Cc1ccccc1)c1cccc([N+](=O)[O-])c1. The zero-order valence-electron chi connectivity index (χ0n) is 10.6. The summed E-state index contributed by atoms with van der Waals surface area (Å²) in [7, 11) is 0. The summed E-state index contributed by atoms with van der Waals surface area (Å²) >= 11 is 0. The molecule has 0 aromatic heterocycles. The van der Waals surface area contributed by atoms with Crippen molar-refractivity contribution in [3.63, 3.8) is 0 Å². The first-order chi connectivity index (χ1) is 9.58. The van der Waals surface area contributed by atoms with E-state index >= 15 is 0 Å². The highest BCUT2D eigenvalue weighted by Gasteiger charge is 2.22. The van der Waals surface area contributed by atoms with Gasteiger partial charge in [0.15, 0.2) is 0 Å². The van der Waals surface area contributed by atoms with Crippen LogP contribution >= 0.6 is 0 Å². The van der Waals surface area contributed by atoms with Crippen LogP contribution in [0.5, 0.6) is 0 Å². The molecule has 5 nitrogen and oxygen atoms in total. The van der Waals surface area contributed by atoms with Gasteiger partial charge < -0.3 is 5.11 Å². The van der Waals surface area contributed by atoms with Crippen LogP contribution in [0.2, 0.25) is 0 Å². The third-order valence-electron chi connectivity index (χ3n) is 3.06. The van der Waals surface area contributed by atoms with E-state index in [1.807, 2.05) is 30.3 Å². The van der Waals surface area contributed by atoms with Crippen LogP contribution in [-0.4, -0.2) is 16.0 Å². The van der Waals surface area contributed by atoms with Crippen molar-refractivity contribution < 1.29 is 14.8 Å². The second-order valence-corrected chi connectivity index (χ2v) is 4.43. The van der Waals surface area contributed by atoms with Crippen molar-refractivity contribution in [2.24, 2.45) is 0 Å². The lowest BCUT2D eigenvalue weighted by atomic mass is 9.92. The number of aliphatic carboxylic acids is 1. The van der Waals surface area contributed by atoms with E-state index in [-0.39, 0.29) is 5.69 Å². The average Bonchev–Trinajstić information content (AvgIpc) is 2.45. The van der Waals surface area contributed by atoms with Crippen LogP contribution in [0.15, 0.2) is 54.6 Å². The van der Waals surface area contributed by atoms with Crippen molar-refractivity contribution in [3.8, 4) is 0 Å². The lowest BCUT2D eigenvalue weighted by Gasteiger charge is -2.12. The number of nitro benzene ring substituents is 1. The summed E-state index contributed by atoms with van der Waals surface area (Å²) in [5, 5.41) is 20.1. The van der Waals surface area contributed by atoms with E-state index in [0.29, 0.717) is 12.0 Å². The fourth-order valence-electron chi connectivity index (χ4n) is 2.05. The second-order valence-electron chi connectivity index (χ2n) is 4.43. The summed E-state index contributed by atoms with van der Waals surface area (Å²) in [6.45, 7) is 0. The lowest BCUT2D eigenvalue weighted by Crippen LogP contribution is -2.14. The number of carbonyl (C=O) groups is 1. The van der Waals surface area contributed by atoms with Crippen molar-refractivity contribution in [1.29, 1.82) is 0 Å². The van der Waals surface area contributed by atoms with Gasteiger partial charge in [0.25, 0.3) is 5.69 Å². The van der Waals surface area contributed by atoms with Gasteiger partial charge in [0.05, 0.1) is 10.8 Å². The van der Waals surface area contributed by atoms with Gasteiger partial charge >= 0.3 is 5.97 Å². The Labute approximate surface area is 115 Å². The minimum atomic E-state index is -0.991. The number of nitrogens with zero attached hydrogens (tertiary/aromatic N) is 1. The maximum atomic E-state index is 11.4. The van der Waals surface area contributed by atoms with Gasteiger partial charge in [-0.05, 0) is 17.5 Å². The highest BCUT2D eigenvalue weighted by atomic mass is 16.6. The Balaban J connectivity index is 2.31. The molecule has 0 fully saturated rings. The molecular formula is C15H13NO4. The Kier molecular flexibility index (Phi) is 4.10. The molecule has 0 aliphatic rings. The summed E-state index contributed by atoms with van der Waals surface area (Å²) in [6, 6.07) is 15.0. The van der Waals surface area contributed by atoms with Crippen molar-refractivity contribution >= 4 is 11.7 Å². The van der Waals surface area contributed by atoms with Crippen LogP contribution in [0, 0.1) is 10.1 Å². The molecule has 2 aromatic rings. The molecule has 0 bridgehead atoms. The first-order valence-corrected chi connectivity index (χ1v) is 6.09. The lowest BCUT2D eigenvalue weighted by molar-refractivity contribution is -0.384. The Morgan fingerprint density at radius 1 is 1.15 bits per heavy atom. The number of non-ortho nitro benzene ring substituents is 1. The van der Waals surface area contributed by atoms with Crippen LogP contribution in [-0.2, 0) is 11.2 Å². The Hall–Kier alpha value is -2.69. The van der Waals surface area contributed by atoms with Crippen molar-refractivity contribution in [2.75, 3.05) is 0 Å². The van der Waals surface area contributed by atoms with E-state index in [1.165, 1.54) is 18.2 Å². The van der Waals surface area contributed by atoms with E-state index in [1.54, 1.807) is 6.07 Å². The van der Waals surface area contributed by atoms with Crippen LogP contribution in [0.3, 0.4) is 0 Å². The normalized spacial score (nSPS) is 11.8. The molecule has 20 heavy (non-hydrogen) atoms. The Bertz CT molecular complexity index is 625. The van der Waals surface area contributed by atoms with Crippen molar-refractivity contribution in [1.82, 2.24) is 0 Å². The number of carboxylic acid groups (broad SMARTS) is 1. The summed E-state index contributed by atoms with van der Waals surface area (Å²) in [6.07, 6.45) is 0.303. The van der Waals surface area contributed by atoms with E-state index in [2.05, 4.69) is 0 Å². The Morgan fingerprint density at radius 3 is 2.45 bits per heavy atom. The maximum absolute atomic E-state index is 11.4. The van der Waals surface area contributed by atoms with Gasteiger partial charge in [-0.15, -0.1) is 0 Å². The molecule has 102 valence electrons. The molecule has 2 rings (SSSR count). The molecule has 0 saturated carbocycles. The molecule has 5 heteroatoms. The molecule has 2 aromatic carbocycles. The fraction of sp³-hybridized carbons (Fsp3) is 0.133. The molecular weight excluding hydrogens is 258 g/mol. The monoisotopic (exact) mass is 271 g/mol. The predicted octanol–water partition coefficient (Wildman–Crippen LogP) is 3.01. The first kappa shape index (κ1) is 13.7. The van der Waals surface area contributed by atoms with Gasteiger partial charge in [0.1, 0.15) is 0 Å². The van der Waals surface area contributed by atoms with Crippen LogP contribution in [0.1, 0.15) is 17.0 Å². The van der Waals surface area contributed by atoms with Crippen LogP contribution in [0.25, 0.3) is 0 Å². The average molecular weight is 271 g/mol. The number of benzene rings is 2. The van der Waals surface area contributed by atoms with Gasteiger partial charge in [-0.1, -0.05) is 42.5 Å². The van der Waals surface area contributed by atoms with E-state index in [4.69, 9.17) is 0 Å². The van der Waals surface area contributed by atoms with E-state index in [0.717, 1.165) is 5.56 Å². The largest absolute Gasteiger partial charge is 0.481 e. The molecule has 0 aliphatic heterocycles. The highest BCUT2D eigenvalue weighted by Crippen LogP contribution is 2.24. The standard InChI is InChI=1S/C15H13NO4/c17-15(18)14(9-11-5-2-1-3-6-11)12-7-4-8-13(10-12)16(19)20/h1-8,10,14H,9H2,(H,17,18). The second kappa shape index (κ2) is 5.97. The van der Waals surface area contributed by atoms with Crippen molar-refractivity contribution in [2.45, 2.75) is 12.3 Å². The van der Waals surface area contributed by atoms with Gasteiger partial charge in [0, 0.05) is 12.1 Å². The van der Waals surface area contributed by atoms with Crippen LogP contribution < -0.4 is 0 Å². The molecule has 0 saturated heterocycles. The number of hydrogen-bond donors (Lipinski definition) is 1. The molecule has 1 N–H and O–H groups in total. The summed E-state index contributed by atoms with van der Waals surface area (Å²) in [4.78, 5) is 21.7. The smallest absolute Gasteiger partial charge is 0.311 e. The number of carboxylic acids is 1. The number of rotatable bonds is 5. The zero-order valence-corrected chi connectivity index (χ0v) is 10.6. The topological polar surface area (TPSA) is 80.4 Å². The summed E-state index contributed by atoms with van der Waals surface area (Å²) in [5.41, 5.74) is 1.23. The first-order valence-electron chi connectivity index (χ1n) is 6.09. The van der Waals surface area contributed by atoms with Crippen LogP contribution in [0.4, 0.5) is 5.69 Å². The third kappa shape index (κ3) is 3.20. The molecule has 0 spiro atoms. The van der Waals surface area contributed by atoms with E-state index < -0.39 is 16.8 Å². The highest BCUT2D eigenvalue weighted by molar-refractivity contribution is 5.76. The minimum absolute atomic E-state index is 0.0955. The molecule has 1 unspecified atom stereocenters. The predicted molar refractivity (Wildman–Crippen MR) is 73.6 cm³/mol. The van der Waals surface area contributed by atoms with Gasteiger partial charge in [0.2, 0.25) is 0 Å². The van der Waals surface area contributed by atoms with Gasteiger partial charge in [-0.2, -0.15) is 0 Å². The zero-order chi connectivity index (χ0) is 14.5. The molecule has 0 radical (unpaired) electrons. The quantitative estimate of drug-likeness (QED) is 0.669. The Morgan fingerprint density at radius 2 is 1.85 bits per heavy atom. The molecule has 0 heterocycles. The van der Waals surface area contributed by atoms with E-state index in [9.17, 15) is 20.0 Å². The van der Waals surface area contributed by atoms with Gasteiger partial charge in [-0.25, -0.2) is 0 Å². The maximum Gasteiger partial charge on any atom is 0.311 e. The van der Waals surface area contributed by atoms with Gasteiger partial charge in [-0.3, -0.25) is 14.9 Å². The number of hydrogen-bond acceptors (Lipinski definition) is 3. The summed E-state index contributed by atoms with van der Waals surface area (Å²) in [5.74, 6) is -1.79. The molecule has 0 amide bonds. The molecule has 1 atom stereocenters. The molecule has 0 aliphatic carbocycles. The minimum Gasteiger partial charge on any atom is -0.481 e.